The average Bonchev–Trinajstić information content (AvgIpc) is 3.49. The van der Waals surface area contributed by atoms with E-state index in [2.05, 4.69) is 34.8 Å². The fraction of sp³-hybridized carbons (Fsp3) is 0.500. The highest BCUT2D eigenvalue weighted by molar-refractivity contribution is 5.42. The molecule has 0 saturated carbocycles. The molecule has 0 saturated heterocycles. The number of aromatic hydroxyl groups is 1. The highest BCUT2D eigenvalue weighted by Crippen LogP contribution is 2.31. The summed E-state index contributed by atoms with van der Waals surface area (Å²) < 4.78 is 6.07. The number of phenols is 1. The molecule has 7 heteroatoms. The number of aryl methyl sites for hydroxylation is 1. The minimum absolute atomic E-state index is 0.0897. The van der Waals surface area contributed by atoms with Crippen molar-refractivity contribution in [3.05, 3.63) is 71.7 Å². The summed E-state index contributed by atoms with van der Waals surface area (Å²) in [4.78, 5) is 7.39. The van der Waals surface area contributed by atoms with Crippen molar-refractivity contribution >= 4 is 5.82 Å². The van der Waals surface area contributed by atoms with Crippen LogP contribution >= 0.6 is 0 Å². The number of aromatic amines is 1. The Balaban J connectivity index is 1.35. The summed E-state index contributed by atoms with van der Waals surface area (Å²) in [5.74, 6) is 7.94. The Labute approximate surface area is 244 Å². The standard InChI is InChI=1S/C34H45N3O4/c1-2-24-7-3-4-11-30(38)29(10-5-8-24)31(39)14-12-25-13-15-32(40)33(21-25)41-20-17-27(22-28-9-6-18-36-28)26-16-19-37-34(35)23-26/h6,9,13,15-16,18-19,21,23-24,27,29-31,36,38-40H,2-4,7,10-12,14,17,20,22H2,1H3,(H2,35,37). The van der Waals surface area contributed by atoms with Gasteiger partial charge in [-0.2, -0.15) is 0 Å². The number of nitrogen functional groups attached to an aromatic ring is 1. The lowest BCUT2D eigenvalue weighted by molar-refractivity contribution is 0.00559. The number of nitrogens with two attached hydrogens (primary N) is 1. The van der Waals surface area contributed by atoms with Crippen LogP contribution in [0.1, 0.15) is 81.0 Å². The van der Waals surface area contributed by atoms with Gasteiger partial charge in [0.1, 0.15) is 5.82 Å². The van der Waals surface area contributed by atoms with Gasteiger partial charge in [-0.25, -0.2) is 4.98 Å². The molecule has 2 aromatic heterocycles. The van der Waals surface area contributed by atoms with Gasteiger partial charge in [0.15, 0.2) is 11.5 Å². The van der Waals surface area contributed by atoms with E-state index in [-0.39, 0.29) is 17.6 Å². The van der Waals surface area contributed by atoms with E-state index in [9.17, 15) is 15.3 Å². The second-order valence-electron chi connectivity index (χ2n) is 11.3. The van der Waals surface area contributed by atoms with E-state index in [0.29, 0.717) is 49.8 Å². The number of nitrogens with one attached hydrogen (secondary N) is 1. The summed E-state index contributed by atoms with van der Waals surface area (Å²) in [7, 11) is 0. The lowest BCUT2D eigenvalue weighted by Gasteiger charge is -2.27. The van der Waals surface area contributed by atoms with Crippen LogP contribution in [-0.4, -0.2) is 44.1 Å². The topological polar surface area (TPSA) is 125 Å². The normalized spacial score (nSPS) is 20.9. The third-order valence-corrected chi connectivity index (χ3v) is 8.31. The molecule has 6 N–H and O–H groups in total. The number of rotatable bonds is 12. The molecule has 0 radical (unpaired) electrons. The number of anilines is 1. The van der Waals surface area contributed by atoms with Crippen molar-refractivity contribution in [2.45, 2.75) is 89.3 Å². The lowest BCUT2D eigenvalue weighted by atomic mass is 9.85. The maximum Gasteiger partial charge on any atom is 0.161 e. The molecule has 1 aliphatic rings. The predicted molar refractivity (Wildman–Crippen MR) is 163 cm³/mol. The summed E-state index contributed by atoms with van der Waals surface area (Å²) in [5, 5.41) is 32.3. The quantitative estimate of drug-likeness (QED) is 0.180. The van der Waals surface area contributed by atoms with Crippen LogP contribution < -0.4 is 10.5 Å². The van der Waals surface area contributed by atoms with Gasteiger partial charge in [0, 0.05) is 36.3 Å². The van der Waals surface area contributed by atoms with Gasteiger partial charge in [0.25, 0.3) is 0 Å². The molecule has 2 heterocycles. The second kappa shape index (κ2) is 15.5. The van der Waals surface area contributed by atoms with Crippen LogP contribution in [0.2, 0.25) is 0 Å². The molecule has 5 atom stereocenters. The third-order valence-electron chi connectivity index (χ3n) is 8.31. The Morgan fingerprint density at radius 2 is 2.00 bits per heavy atom. The van der Waals surface area contributed by atoms with E-state index >= 15 is 0 Å². The fourth-order valence-electron chi connectivity index (χ4n) is 5.72. The zero-order valence-electron chi connectivity index (χ0n) is 24.1. The summed E-state index contributed by atoms with van der Waals surface area (Å²) in [6, 6.07) is 13.3. The molecule has 0 fully saturated rings. The van der Waals surface area contributed by atoms with Crippen LogP contribution in [0.25, 0.3) is 0 Å². The minimum Gasteiger partial charge on any atom is -0.504 e. The summed E-state index contributed by atoms with van der Waals surface area (Å²) in [6.07, 6.45) is 10.4. The Hall–Kier alpha value is -3.47. The number of H-pyrrole nitrogens is 1. The fourth-order valence-corrected chi connectivity index (χ4v) is 5.72. The van der Waals surface area contributed by atoms with Gasteiger partial charge in [-0.05, 0) is 98.4 Å². The van der Waals surface area contributed by atoms with Crippen LogP contribution in [0.5, 0.6) is 11.5 Å². The van der Waals surface area contributed by atoms with Gasteiger partial charge in [-0.15, -0.1) is 5.92 Å². The predicted octanol–water partition coefficient (Wildman–Crippen LogP) is 5.76. The largest absolute Gasteiger partial charge is 0.504 e. The third kappa shape index (κ3) is 9.27. The van der Waals surface area contributed by atoms with E-state index in [1.54, 1.807) is 12.3 Å². The van der Waals surface area contributed by atoms with Crippen molar-refractivity contribution < 1.29 is 20.1 Å². The average molecular weight is 560 g/mol. The van der Waals surface area contributed by atoms with Gasteiger partial charge in [-0.3, -0.25) is 0 Å². The highest BCUT2D eigenvalue weighted by atomic mass is 16.5. The van der Waals surface area contributed by atoms with Gasteiger partial charge >= 0.3 is 0 Å². The van der Waals surface area contributed by atoms with Gasteiger partial charge in [-0.1, -0.05) is 31.8 Å². The lowest BCUT2D eigenvalue weighted by Crippen LogP contribution is -2.32. The van der Waals surface area contributed by atoms with E-state index in [4.69, 9.17) is 10.5 Å². The number of phenolic OH excluding ortho intramolecular Hbond substituents is 1. The molecule has 0 amide bonds. The first-order valence-electron chi connectivity index (χ1n) is 15.1. The Bertz CT molecular complexity index is 1270. The first kappa shape index (κ1) is 30.5. The number of ether oxygens (including phenoxy) is 1. The van der Waals surface area contributed by atoms with Crippen molar-refractivity contribution in [3.8, 4) is 23.3 Å². The number of aliphatic hydroxyl groups is 2. The number of nitrogens with zero attached hydrogens (tertiary/aromatic N) is 1. The zero-order chi connectivity index (χ0) is 29.0. The first-order chi connectivity index (χ1) is 19.9. The number of hydrogen-bond donors (Lipinski definition) is 5. The number of pyridine rings is 1. The van der Waals surface area contributed by atoms with Crippen molar-refractivity contribution in [1.82, 2.24) is 9.97 Å². The molecule has 3 aromatic rings. The molecule has 220 valence electrons. The molecule has 7 nitrogen and oxygen atoms in total. The van der Waals surface area contributed by atoms with Gasteiger partial charge < -0.3 is 30.8 Å². The SMILES string of the molecule is CCC1C#CCC(C(O)CCc2ccc(O)c(OCCC(Cc3ccc[nH]3)c3ccnc(N)c3)c2)C(O)CCCC1. The smallest absolute Gasteiger partial charge is 0.161 e. The molecule has 4 rings (SSSR count). The molecular formula is C34H45N3O4. The Morgan fingerprint density at radius 3 is 2.78 bits per heavy atom. The molecule has 1 aromatic carbocycles. The van der Waals surface area contributed by atoms with Gasteiger partial charge in [0.2, 0.25) is 0 Å². The number of aromatic nitrogens is 2. The van der Waals surface area contributed by atoms with Crippen LogP contribution in [0, 0.1) is 23.7 Å². The van der Waals surface area contributed by atoms with Crippen molar-refractivity contribution in [2.24, 2.45) is 11.8 Å². The van der Waals surface area contributed by atoms with Crippen molar-refractivity contribution in [2.75, 3.05) is 12.3 Å². The van der Waals surface area contributed by atoms with Crippen LogP contribution in [0.3, 0.4) is 0 Å². The maximum atomic E-state index is 11.0. The summed E-state index contributed by atoms with van der Waals surface area (Å²) in [5.41, 5.74) is 9.14. The van der Waals surface area contributed by atoms with E-state index in [1.807, 2.05) is 36.5 Å². The highest BCUT2D eigenvalue weighted by Gasteiger charge is 2.26. The number of hydrogen-bond acceptors (Lipinski definition) is 6. The van der Waals surface area contributed by atoms with Crippen LogP contribution in [0.4, 0.5) is 5.82 Å². The van der Waals surface area contributed by atoms with Crippen molar-refractivity contribution in [1.29, 1.82) is 0 Å². The van der Waals surface area contributed by atoms with Crippen LogP contribution in [-0.2, 0) is 12.8 Å². The first-order valence-corrected chi connectivity index (χ1v) is 15.1. The van der Waals surface area contributed by atoms with Gasteiger partial charge in [0.05, 0.1) is 18.8 Å². The summed E-state index contributed by atoms with van der Waals surface area (Å²) >= 11 is 0. The number of benzene rings is 1. The van der Waals surface area contributed by atoms with E-state index in [1.165, 1.54) is 0 Å². The van der Waals surface area contributed by atoms with Crippen molar-refractivity contribution in [3.63, 3.8) is 0 Å². The molecule has 0 aliphatic heterocycles. The monoisotopic (exact) mass is 559 g/mol. The second-order valence-corrected chi connectivity index (χ2v) is 11.3. The molecule has 0 bridgehead atoms. The minimum atomic E-state index is -0.654. The molecule has 1 aliphatic carbocycles. The summed E-state index contributed by atoms with van der Waals surface area (Å²) in [6.45, 7) is 2.58. The zero-order valence-corrected chi connectivity index (χ0v) is 24.1. The van der Waals surface area contributed by atoms with Crippen LogP contribution in [0.15, 0.2) is 54.9 Å². The maximum absolute atomic E-state index is 11.0. The molecule has 5 unspecified atom stereocenters. The Morgan fingerprint density at radius 1 is 1.15 bits per heavy atom. The molecule has 41 heavy (non-hydrogen) atoms. The Kier molecular flexibility index (Phi) is 11.5. The molecule has 0 spiro atoms. The van der Waals surface area contributed by atoms with E-state index < -0.39 is 12.2 Å². The molecular weight excluding hydrogens is 514 g/mol. The number of aliphatic hydroxyl groups excluding tert-OH is 2. The van der Waals surface area contributed by atoms with E-state index in [0.717, 1.165) is 55.3 Å².